The normalized spacial score (nSPS) is 14.9. The van der Waals surface area contributed by atoms with Crippen molar-refractivity contribution in [2.75, 3.05) is 0 Å². The highest BCUT2D eigenvalue weighted by Crippen LogP contribution is 2.28. The Morgan fingerprint density at radius 3 is 2.62 bits per heavy atom. The smallest absolute Gasteiger partial charge is 0.262 e. The number of hydrogen-bond acceptors (Lipinski definition) is 2. The second kappa shape index (κ2) is 7.97. The van der Waals surface area contributed by atoms with E-state index in [9.17, 15) is 10.1 Å². The first-order valence-electron chi connectivity index (χ1n) is 10.2. The zero-order valence-corrected chi connectivity index (χ0v) is 16.9. The summed E-state index contributed by atoms with van der Waals surface area (Å²) in [6.45, 7) is 4.08. The first kappa shape index (κ1) is 19.0. The summed E-state index contributed by atoms with van der Waals surface area (Å²) in [6, 6.07) is 18.9. The number of hydrogen-bond donors (Lipinski definition) is 1. The maximum Gasteiger partial charge on any atom is 0.262 e. The highest BCUT2D eigenvalue weighted by Gasteiger charge is 2.20. The van der Waals surface area contributed by atoms with Gasteiger partial charge < -0.3 is 9.88 Å². The van der Waals surface area contributed by atoms with Gasteiger partial charge in [-0.2, -0.15) is 5.26 Å². The van der Waals surface area contributed by atoms with E-state index < -0.39 is 0 Å². The van der Waals surface area contributed by atoms with Crippen LogP contribution >= 0.6 is 0 Å². The van der Waals surface area contributed by atoms with Crippen LogP contribution in [0, 0.1) is 25.2 Å². The van der Waals surface area contributed by atoms with Gasteiger partial charge in [0.2, 0.25) is 0 Å². The molecule has 1 amide bonds. The van der Waals surface area contributed by atoms with Crippen LogP contribution in [0.4, 0.5) is 0 Å². The monoisotopic (exact) mass is 383 g/mol. The molecule has 1 aliphatic rings. The summed E-state index contributed by atoms with van der Waals surface area (Å²) >= 11 is 0. The molecule has 0 spiro atoms. The second-order valence-electron chi connectivity index (χ2n) is 7.78. The molecule has 0 unspecified atom stereocenters. The van der Waals surface area contributed by atoms with Crippen LogP contribution in [-0.2, 0) is 4.79 Å². The number of carbonyl (C=O) groups excluding carboxylic acids is 1. The van der Waals surface area contributed by atoms with Crippen LogP contribution in [0.25, 0.3) is 22.5 Å². The number of fused-ring (bicyclic) bond motifs is 1. The van der Waals surface area contributed by atoms with E-state index in [1.165, 1.54) is 10.8 Å². The van der Waals surface area contributed by atoms with Crippen molar-refractivity contribution in [2.45, 2.75) is 45.6 Å². The molecular formula is C25H25N3O. The molecule has 0 bridgehead atoms. The molecule has 4 heteroatoms. The number of amides is 1. The molecule has 4 rings (SSSR count). The summed E-state index contributed by atoms with van der Waals surface area (Å²) in [5.74, 6) is -0.269. The summed E-state index contributed by atoms with van der Waals surface area (Å²) in [6.07, 6.45) is 6.00. The van der Waals surface area contributed by atoms with Crippen LogP contribution in [0.3, 0.4) is 0 Å². The number of nitrogens with zero attached hydrogens (tertiary/aromatic N) is 2. The molecule has 1 aliphatic carbocycles. The average Bonchev–Trinajstić information content (AvgIpc) is 3.33. The number of carbonyl (C=O) groups is 1. The molecule has 29 heavy (non-hydrogen) atoms. The zero-order valence-electron chi connectivity index (χ0n) is 16.9. The van der Waals surface area contributed by atoms with Gasteiger partial charge in [0.25, 0.3) is 5.91 Å². The van der Waals surface area contributed by atoms with E-state index in [0.717, 1.165) is 48.3 Å². The predicted octanol–water partition coefficient (Wildman–Crippen LogP) is 5.21. The summed E-state index contributed by atoms with van der Waals surface area (Å²) in [5, 5.41) is 14.9. The SMILES string of the molecule is Cc1cc(/C=C(/C#N)C(=O)NC2CCCC2)c(C)n1-c1cccc2ccccc12. The van der Waals surface area contributed by atoms with Crippen molar-refractivity contribution in [3.05, 3.63) is 71.1 Å². The molecule has 0 aliphatic heterocycles. The van der Waals surface area contributed by atoms with Gasteiger partial charge in [-0.15, -0.1) is 0 Å². The maximum atomic E-state index is 12.6. The summed E-state index contributed by atoms with van der Waals surface area (Å²) < 4.78 is 2.19. The fourth-order valence-electron chi connectivity index (χ4n) is 4.35. The quantitative estimate of drug-likeness (QED) is 0.496. The molecule has 1 fully saturated rings. The van der Waals surface area contributed by atoms with E-state index in [1.807, 2.05) is 25.1 Å². The fourth-order valence-corrected chi connectivity index (χ4v) is 4.35. The minimum atomic E-state index is -0.269. The number of aromatic nitrogens is 1. The Bertz CT molecular complexity index is 1140. The van der Waals surface area contributed by atoms with Gasteiger partial charge in [0.05, 0.1) is 5.69 Å². The standard InChI is InChI=1S/C25H25N3O/c1-17-14-20(15-21(16-26)25(29)27-22-10-4-5-11-22)18(2)28(17)24-13-7-9-19-8-3-6-12-23(19)24/h3,6-9,12-15,22H,4-5,10-11H2,1-2H3,(H,27,29)/b21-15-. The van der Waals surface area contributed by atoms with Crippen LogP contribution < -0.4 is 5.32 Å². The van der Waals surface area contributed by atoms with Gasteiger partial charge in [0.1, 0.15) is 11.6 Å². The van der Waals surface area contributed by atoms with E-state index in [4.69, 9.17) is 0 Å². The maximum absolute atomic E-state index is 12.6. The molecule has 0 atom stereocenters. The van der Waals surface area contributed by atoms with Gasteiger partial charge in [-0.3, -0.25) is 4.79 Å². The van der Waals surface area contributed by atoms with E-state index in [-0.39, 0.29) is 17.5 Å². The van der Waals surface area contributed by atoms with Crippen molar-refractivity contribution >= 4 is 22.8 Å². The molecule has 2 aromatic carbocycles. The van der Waals surface area contributed by atoms with Crippen molar-refractivity contribution in [2.24, 2.45) is 0 Å². The summed E-state index contributed by atoms with van der Waals surface area (Å²) in [4.78, 5) is 12.6. The average molecular weight is 383 g/mol. The van der Waals surface area contributed by atoms with Crippen molar-refractivity contribution < 1.29 is 4.79 Å². The second-order valence-corrected chi connectivity index (χ2v) is 7.78. The van der Waals surface area contributed by atoms with Crippen LogP contribution in [-0.4, -0.2) is 16.5 Å². The Hall–Kier alpha value is -3.32. The Morgan fingerprint density at radius 1 is 1.14 bits per heavy atom. The first-order valence-corrected chi connectivity index (χ1v) is 10.2. The third-order valence-electron chi connectivity index (χ3n) is 5.83. The van der Waals surface area contributed by atoms with Gasteiger partial charge in [-0.05, 0) is 55.8 Å². The van der Waals surface area contributed by atoms with Crippen molar-refractivity contribution in [1.29, 1.82) is 5.26 Å². The highest BCUT2D eigenvalue weighted by atomic mass is 16.1. The number of benzene rings is 2. The minimum Gasteiger partial charge on any atom is -0.349 e. The Balaban J connectivity index is 1.72. The van der Waals surface area contributed by atoms with Crippen LogP contribution in [0.15, 0.2) is 54.1 Å². The lowest BCUT2D eigenvalue weighted by Crippen LogP contribution is -2.33. The molecule has 3 aromatic rings. The fraction of sp³-hybridized carbons (Fsp3) is 0.280. The zero-order chi connectivity index (χ0) is 20.4. The summed E-state index contributed by atoms with van der Waals surface area (Å²) in [5.41, 5.74) is 4.24. The third kappa shape index (κ3) is 3.69. The molecule has 1 aromatic heterocycles. The van der Waals surface area contributed by atoms with Crippen LogP contribution in [0.1, 0.15) is 42.6 Å². The minimum absolute atomic E-state index is 0.162. The van der Waals surface area contributed by atoms with Gasteiger partial charge >= 0.3 is 0 Å². The van der Waals surface area contributed by atoms with Gasteiger partial charge in [0, 0.05) is 22.8 Å². The highest BCUT2D eigenvalue weighted by molar-refractivity contribution is 6.02. The molecule has 146 valence electrons. The van der Waals surface area contributed by atoms with E-state index in [1.54, 1.807) is 6.08 Å². The van der Waals surface area contributed by atoms with E-state index in [2.05, 4.69) is 53.2 Å². The Labute approximate surface area is 171 Å². The van der Waals surface area contributed by atoms with Gasteiger partial charge in [0.15, 0.2) is 0 Å². The molecule has 4 nitrogen and oxygen atoms in total. The first-order chi connectivity index (χ1) is 14.1. The van der Waals surface area contributed by atoms with E-state index >= 15 is 0 Å². The van der Waals surface area contributed by atoms with Gasteiger partial charge in [-0.1, -0.05) is 49.2 Å². The Kier molecular flexibility index (Phi) is 5.22. The molecule has 1 N–H and O–H groups in total. The van der Waals surface area contributed by atoms with Crippen molar-refractivity contribution in [1.82, 2.24) is 9.88 Å². The van der Waals surface area contributed by atoms with Crippen LogP contribution in [0.2, 0.25) is 0 Å². The lowest BCUT2D eigenvalue weighted by atomic mass is 10.1. The molecule has 1 saturated carbocycles. The summed E-state index contributed by atoms with van der Waals surface area (Å²) in [7, 11) is 0. The molecule has 0 saturated heterocycles. The molecule has 1 heterocycles. The molecular weight excluding hydrogens is 358 g/mol. The number of nitrogens with one attached hydrogen (secondary N) is 1. The largest absolute Gasteiger partial charge is 0.349 e. The van der Waals surface area contributed by atoms with E-state index in [0.29, 0.717) is 0 Å². The van der Waals surface area contributed by atoms with Crippen molar-refractivity contribution in [3.8, 4) is 11.8 Å². The topological polar surface area (TPSA) is 57.8 Å². The van der Waals surface area contributed by atoms with Crippen LogP contribution in [0.5, 0.6) is 0 Å². The van der Waals surface area contributed by atoms with Crippen molar-refractivity contribution in [3.63, 3.8) is 0 Å². The number of nitriles is 1. The predicted molar refractivity (Wildman–Crippen MR) is 117 cm³/mol. The lowest BCUT2D eigenvalue weighted by molar-refractivity contribution is -0.117. The Morgan fingerprint density at radius 2 is 1.86 bits per heavy atom. The van der Waals surface area contributed by atoms with Gasteiger partial charge in [-0.25, -0.2) is 0 Å². The number of aryl methyl sites for hydroxylation is 1. The lowest BCUT2D eigenvalue weighted by Gasteiger charge is -2.13. The number of rotatable bonds is 4. The third-order valence-corrected chi connectivity index (χ3v) is 5.83. The molecule has 0 radical (unpaired) electrons.